The van der Waals surface area contributed by atoms with E-state index in [2.05, 4.69) is 5.32 Å². The number of primary sulfonamides is 1. The number of carbonyl (C=O) groups excluding carboxylic acids is 3. The molecule has 3 rings (SSSR count). The molecule has 11 nitrogen and oxygen atoms in total. The average molecular weight is 603 g/mol. The number of fused-ring (bicyclic) bond motifs is 1. The first-order valence-electron chi connectivity index (χ1n) is 13.8. The summed E-state index contributed by atoms with van der Waals surface area (Å²) in [5, 5.41) is 30.2. The van der Waals surface area contributed by atoms with Crippen LogP contribution in [-0.4, -0.2) is 61.8 Å². The third kappa shape index (κ3) is 9.31. The summed E-state index contributed by atoms with van der Waals surface area (Å²) in [6, 6.07) is 7.96. The quantitative estimate of drug-likeness (QED) is 0.329. The summed E-state index contributed by atoms with van der Waals surface area (Å²) in [7, 11) is -2.31. The molecule has 0 bridgehead atoms. The van der Waals surface area contributed by atoms with Crippen LogP contribution in [0.15, 0.2) is 36.4 Å². The van der Waals surface area contributed by atoms with Crippen molar-refractivity contribution in [3.8, 4) is 17.2 Å². The van der Waals surface area contributed by atoms with E-state index in [1.165, 1.54) is 13.2 Å². The number of amides is 1. The van der Waals surface area contributed by atoms with Gasteiger partial charge in [0, 0.05) is 37.3 Å². The van der Waals surface area contributed by atoms with Gasteiger partial charge in [0.25, 0.3) is 0 Å². The van der Waals surface area contributed by atoms with Crippen LogP contribution in [0.2, 0.25) is 0 Å². The monoisotopic (exact) mass is 602 g/mol. The zero-order valence-corrected chi connectivity index (χ0v) is 24.6. The maximum Gasteiger partial charge on any atom is 0.342 e. The summed E-state index contributed by atoms with van der Waals surface area (Å²) >= 11 is 0. The first-order valence-corrected chi connectivity index (χ1v) is 15.5. The first-order chi connectivity index (χ1) is 19.9. The number of hydrogen-bond acceptors (Lipinski definition) is 9. The Hall–Kier alpha value is -3.90. The molecule has 1 amide bonds. The Kier molecular flexibility index (Phi) is 11.5. The van der Waals surface area contributed by atoms with Crippen molar-refractivity contribution in [3.63, 3.8) is 0 Å². The number of ether oxygens (including phenoxy) is 2. The number of cyclic esters (lactones) is 1. The lowest BCUT2D eigenvalue weighted by Crippen LogP contribution is -2.32. The molecule has 1 unspecified atom stereocenters. The standard InChI is InChI=1S/C30H38N2O9S/c1-19-7-6-10-22(33)9-5-3-4-8-21-17-25(34)28(29(36)27(21)30(37)41-19)24(20-11-13-23(40-2)14-12-20)18-26(35)32-15-16-42(31,38)39/h4,8,11-14,17,19,24,34,36H,3,5-7,9-10,15-16,18H2,1-2H3,(H,32,35)(H2,31,38,39)/t19-,24?/m0/s1. The second-order valence-electron chi connectivity index (χ2n) is 10.3. The molecule has 1 heterocycles. The highest BCUT2D eigenvalue weighted by molar-refractivity contribution is 7.89. The zero-order chi connectivity index (χ0) is 30.9. The molecule has 5 N–H and O–H groups in total. The molecule has 1 aliphatic heterocycles. The molecule has 0 fully saturated rings. The van der Waals surface area contributed by atoms with E-state index in [4.69, 9.17) is 14.6 Å². The number of aromatic hydroxyl groups is 2. The van der Waals surface area contributed by atoms with Crippen LogP contribution < -0.4 is 15.2 Å². The average Bonchev–Trinajstić information content (AvgIpc) is 2.91. The van der Waals surface area contributed by atoms with E-state index in [0.29, 0.717) is 49.8 Å². The number of sulfonamides is 1. The largest absolute Gasteiger partial charge is 0.507 e. The number of phenolic OH excluding ortho intramolecular Hbond substituents is 2. The van der Waals surface area contributed by atoms with Crippen LogP contribution in [0, 0.1) is 0 Å². The molecule has 12 heteroatoms. The predicted molar refractivity (Wildman–Crippen MR) is 157 cm³/mol. The second-order valence-corrected chi connectivity index (χ2v) is 12.0. The number of phenols is 2. The Morgan fingerprint density at radius 1 is 1.17 bits per heavy atom. The van der Waals surface area contributed by atoms with Gasteiger partial charge in [0.2, 0.25) is 15.9 Å². The normalized spacial score (nSPS) is 17.5. The molecule has 0 aliphatic carbocycles. The van der Waals surface area contributed by atoms with E-state index in [0.717, 1.165) is 0 Å². The fourth-order valence-corrected chi connectivity index (χ4v) is 5.22. The molecule has 2 atom stereocenters. The number of benzene rings is 2. The van der Waals surface area contributed by atoms with Crippen molar-refractivity contribution >= 4 is 33.8 Å². The van der Waals surface area contributed by atoms with Gasteiger partial charge in [-0.15, -0.1) is 0 Å². The molecule has 0 saturated carbocycles. The molecule has 2 aromatic carbocycles. The van der Waals surface area contributed by atoms with Crippen LogP contribution >= 0.6 is 0 Å². The number of esters is 1. The summed E-state index contributed by atoms with van der Waals surface area (Å²) in [4.78, 5) is 38.4. The maximum atomic E-state index is 13.4. The fraction of sp³-hybridized carbons (Fsp3) is 0.433. The van der Waals surface area contributed by atoms with Gasteiger partial charge in [0.1, 0.15) is 28.6 Å². The van der Waals surface area contributed by atoms with Gasteiger partial charge < -0.3 is 25.0 Å². The Morgan fingerprint density at radius 3 is 2.52 bits per heavy atom. The number of methoxy groups -OCH3 is 1. The lowest BCUT2D eigenvalue weighted by molar-refractivity contribution is -0.121. The third-order valence-corrected chi connectivity index (χ3v) is 7.79. The molecule has 0 saturated heterocycles. The Balaban J connectivity index is 2.08. The van der Waals surface area contributed by atoms with Gasteiger partial charge in [-0.3, -0.25) is 9.59 Å². The van der Waals surface area contributed by atoms with Crippen LogP contribution in [0.25, 0.3) is 6.08 Å². The van der Waals surface area contributed by atoms with Crippen molar-refractivity contribution in [3.05, 3.63) is 58.7 Å². The molecule has 1 aliphatic rings. The minimum absolute atomic E-state index is 0.0646. The Labute approximate surface area is 245 Å². The van der Waals surface area contributed by atoms with Crippen molar-refractivity contribution in [1.82, 2.24) is 5.32 Å². The number of carbonyl (C=O) groups is 3. The Morgan fingerprint density at radius 2 is 1.86 bits per heavy atom. The van der Waals surface area contributed by atoms with Crippen LogP contribution in [0.5, 0.6) is 17.2 Å². The first kappa shape index (κ1) is 32.6. The van der Waals surface area contributed by atoms with E-state index in [1.54, 1.807) is 43.3 Å². The minimum atomic E-state index is -3.80. The molecular formula is C30H38N2O9S. The second kappa shape index (κ2) is 14.8. The molecule has 228 valence electrons. The number of rotatable bonds is 8. The van der Waals surface area contributed by atoms with Crippen molar-refractivity contribution < 1.29 is 42.5 Å². The highest BCUT2D eigenvalue weighted by atomic mass is 32.2. The van der Waals surface area contributed by atoms with Crippen LogP contribution in [0.1, 0.15) is 84.8 Å². The van der Waals surface area contributed by atoms with E-state index in [-0.39, 0.29) is 41.2 Å². The van der Waals surface area contributed by atoms with Gasteiger partial charge in [0.05, 0.1) is 19.0 Å². The Bertz CT molecular complexity index is 1420. The zero-order valence-electron chi connectivity index (χ0n) is 23.8. The van der Waals surface area contributed by atoms with E-state index < -0.39 is 45.4 Å². The highest BCUT2D eigenvalue weighted by Gasteiger charge is 2.31. The van der Waals surface area contributed by atoms with Crippen LogP contribution in [0.3, 0.4) is 0 Å². The summed E-state index contributed by atoms with van der Waals surface area (Å²) in [5.74, 6) is -2.98. The van der Waals surface area contributed by atoms with Crippen LogP contribution in [0.4, 0.5) is 0 Å². The number of nitrogens with two attached hydrogens (primary N) is 1. The smallest absolute Gasteiger partial charge is 0.342 e. The minimum Gasteiger partial charge on any atom is -0.507 e. The molecule has 0 spiro atoms. The van der Waals surface area contributed by atoms with Gasteiger partial charge in [-0.25, -0.2) is 18.4 Å². The SMILES string of the molecule is COc1ccc(C(CC(=O)NCCS(N)(=O)=O)c2c(O)cc3c(c2O)C(=O)O[C@@H](C)CCCC(=O)CCCC=C3)cc1. The van der Waals surface area contributed by atoms with Crippen molar-refractivity contribution in [2.45, 2.75) is 63.9 Å². The highest BCUT2D eigenvalue weighted by Crippen LogP contribution is 2.44. The molecule has 42 heavy (non-hydrogen) atoms. The number of allylic oxidation sites excluding steroid dienone is 1. The number of ketones is 1. The van der Waals surface area contributed by atoms with Crippen molar-refractivity contribution in [2.24, 2.45) is 5.14 Å². The van der Waals surface area contributed by atoms with Crippen molar-refractivity contribution in [2.75, 3.05) is 19.4 Å². The third-order valence-electron chi connectivity index (χ3n) is 7.02. The number of hydrogen-bond donors (Lipinski definition) is 4. The summed E-state index contributed by atoms with van der Waals surface area (Å²) in [5.41, 5.74) is 0.517. The molecule has 0 radical (unpaired) electrons. The molecular weight excluding hydrogens is 564 g/mol. The van der Waals surface area contributed by atoms with E-state index >= 15 is 0 Å². The summed E-state index contributed by atoms with van der Waals surface area (Å²) in [6.07, 6.45) is 5.53. The lowest BCUT2D eigenvalue weighted by Gasteiger charge is -2.23. The number of nitrogens with one attached hydrogen (secondary N) is 1. The van der Waals surface area contributed by atoms with Gasteiger partial charge in [-0.2, -0.15) is 0 Å². The van der Waals surface area contributed by atoms with Gasteiger partial charge in [-0.1, -0.05) is 24.3 Å². The predicted octanol–water partition coefficient (Wildman–Crippen LogP) is 3.51. The summed E-state index contributed by atoms with van der Waals surface area (Å²) in [6.45, 7) is 1.48. The van der Waals surface area contributed by atoms with Crippen LogP contribution in [-0.2, 0) is 24.3 Å². The lowest BCUT2D eigenvalue weighted by atomic mass is 9.84. The van der Waals surface area contributed by atoms with Gasteiger partial charge in [0.15, 0.2) is 0 Å². The maximum absolute atomic E-state index is 13.4. The molecule has 0 aromatic heterocycles. The topological polar surface area (TPSA) is 182 Å². The molecule has 2 aromatic rings. The van der Waals surface area contributed by atoms with Gasteiger partial charge in [-0.05, 0) is 61.9 Å². The summed E-state index contributed by atoms with van der Waals surface area (Å²) < 4.78 is 33.4. The number of Topliss-reactive ketones (excluding diaryl/α,β-unsaturated/α-hetero) is 1. The van der Waals surface area contributed by atoms with Gasteiger partial charge >= 0.3 is 5.97 Å². The van der Waals surface area contributed by atoms with Crippen molar-refractivity contribution in [1.29, 1.82) is 0 Å². The fourth-order valence-electron chi connectivity index (χ4n) is 4.83. The van der Waals surface area contributed by atoms with E-state index in [9.17, 15) is 33.0 Å². The van der Waals surface area contributed by atoms with E-state index in [1.807, 2.05) is 0 Å².